The number of quaternary nitrogens is 1. The molecule has 0 spiro atoms. The first-order valence-corrected chi connectivity index (χ1v) is 6.59. The Kier molecular flexibility index (Phi) is 3.49. The Labute approximate surface area is 109 Å². The van der Waals surface area contributed by atoms with Crippen molar-refractivity contribution >= 4 is 28.6 Å². The molecule has 2 rings (SSSR count). The maximum absolute atomic E-state index is 11.9. The van der Waals surface area contributed by atoms with Gasteiger partial charge in [-0.05, 0) is 12.5 Å². The molecule has 3 nitrogen and oxygen atoms in total. The van der Waals surface area contributed by atoms with Gasteiger partial charge in [-0.2, -0.15) is 0 Å². The summed E-state index contributed by atoms with van der Waals surface area (Å²) < 4.78 is 5.30. The highest BCUT2D eigenvalue weighted by Gasteiger charge is 2.41. The van der Waals surface area contributed by atoms with E-state index >= 15 is 0 Å². The van der Waals surface area contributed by atoms with Crippen LogP contribution in [0.25, 0.3) is 0 Å². The average Bonchev–Trinajstić information content (AvgIpc) is 2.27. The predicted molar refractivity (Wildman–Crippen MR) is 69.4 cm³/mol. The summed E-state index contributed by atoms with van der Waals surface area (Å²) in [6, 6.07) is 9.72. The average molecular weight is 332 g/mol. The fourth-order valence-electron chi connectivity index (χ4n) is 1.69. The third-order valence-corrected chi connectivity index (χ3v) is 4.03. The van der Waals surface area contributed by atoms with Crippen molar-refractivity contribution in [3.63, 3.8) is 0 Å². The Bertz CT molecular complexity index is 376. The third kappa shape index (κ3) is 2.55. The number of alkyl halides is 1. The van der Waals surface area contributed by atoms with Crippen molar-refractivity contribution in [2.24, 2.45) is 0 Å². The number of halogens is 1. The number of esters is 1. The van der Waals surface area contributed by atoms with Crippen LogP contribution >= 0.6 is 22.6 Å². The largest absolute Gasteiger partial charge is 0.446 e. The van der Waals surface area contributed by atoms with Crippen LogP contribution in [0.3, 0.4) is 0 Å². The lowest BCUT2D eigenvalue weighted by atomic mass is 10.00. The lowest BCUT2D eigenvalue weighted by molar-refractivity contribution is -0.739. The molecule has 1 unspecified atom stereocenters. The Morgan fingerprint density at radius 3 is 2.56 bits per heavy atom. The minimum absolute atomic E-state index is 0.137. The molecule has 0 saturated carbocycles. The van der Waals surface area contributed by atoms with E-state index in [1.807, 2.05) is 37.3 Å². The summed E-state index contributed by atoms with van der Waals surface area (Å²) >= 11 is 2.13. The molecule has 1 aliphatic rings. The summed E-state index contributed by atoms with van der Waals surface area (Å²) in [4.78, 5) is 11.9. The van der Waals surface area contributed by atoms with Crippen LogP contribution in [0, 0.1) is 0 Å². The zero-order valence-electron chi connectivity index (χ0n) is 9.15. The molecule has 4 heteroatoms. The number of ether oxygens (including phenoxy) is 1. The minimum atomic E-state index is -0.255. The zero-order valence-corrected chi connectivity index (χ0v) is 11.3. The minimum Gasteiger partial charge on any atom is -0.446 e. The van der Waals surface area contributed by atoms with Crippen LogP contribution in [0.2, 0.25) is 0 Å². The van der Waals surface area contributed by atoms with Crippen molar-refractivity contribution in [3.05, 3.63) is 35.9 Å². The van der Waals surface area contributed by atoms with Gasteiger partial charge in [0, 0.05) is 0 Å². The molecule has 0 bridgehead atoms. The highest BCUT2D eigenvalue weighted by atomic mass is 127. The standard InChI is InChI=1S/C12H14INO2/c1-12(7-14-8-12)16-11(15)10(13)9-5-3-2-4-6-9/h2-6,10,14H,7-8H2,1H3/p+1. The quantitative estimate of drug-likeness (QED) is 0.511. The summed E-state index contributed by atoms with van der Waals surface area (Å²) in [7, 11) is 0. The maximum atomic E-state index is 11.9. The molecule has 1 aromatic rings. The van der Waals surface area contributed by atoms with Crippen molar-refractivity contribution in [3.8, 4) is 0 Å². The van der Waals surface area contributed by atoms with Gasteiger partial charge in [-0.25, -0.2) is 0 Å². The smallest absolute Gasteiger partial charge is 0.324 e. The molecule has 1 atom stereocenters. The molecule has 1 fully saturated rings. The van der Waals surface area contributed by atoms with Gasteiger partial charge >= 0.3 is 5.97 Å². The van der Waals surface area contributed by atoms with Gasteiger partial charge in [-0.3, -0.25) is 4.79 Å². The summed E-state index contributed by atoms with van der Waals surface area (Å²) in [6.45, 7) is 3.73. The summed E-state index contributed by atoms with van der Waals surface area (Å²) in [5.74, 6) is -0.137. The van der Waals surface area contributed by atoms with Crippen LogP contribution in [0.4, 0.5) is 0 Å². The van der Waals surface area contributed by atoms with Gasteiger partial charge in [0.1, 0.15) is 17.0 Å². The van der Waals surface area contributed by atoms with E-state index in [0.717, 1.165) is 18.7 Å². The molecule has 16 heavy (non-hydrogen) atoms. The molecular weight excluding hydrogens is 317 g/mol. The van der Waals surface area contributed by atoms with E-state index in [0.29, 0.717) is 0 Å². The van der Waals surface area contributed by atoms with Crippen LogP contribution in [-0.4, -0.2) is 24.7 Å². The van der Waals surface area contributed by atoms with Gasteiger partial charge in [0.05, 0.1) is 0 Å². The maximum Gasteiger partial charge on any atom is 0.324 e. The Morgan fingerprint density at radius 2 is 2.06 bits per heavy atom. The van der Waals surface area contributed by atoms with Gasteiger partial charge in [-0.1, -0.05) is 52.9 Å². The first-order valence-electron chi connectivity index (χ1n) is 5.34. The zero-order chi connectivity index (χ0) is 11.6. The monoisotopic (exact) mass is 332 g/mol. The van der Waals surface area contributed by atoms with Crippen LogP contribution in [0.1, 0.15) is 16.4 Å². The number of benzene rings is 1. The molecule has 86 valence electrons. The third-order valence-electron chi connectivity index (χ3n) is 2.80. The molecule has 2 N–H and O–H groups in total. The van der Waals surface area contributed by atoms with Crippen molar-refractivity contribution in [2.45, 2.75) is 16.4 Å². The molecule has 0 aromatic heterocycles. The number of rotatable bonds is 3. The molecule has 1 heterocycles. The number of carbonyl (C=O) groups excluding carboxylic acids is 1. The van der Waals surface area contributed by atoms with Crippen LogP contribution in [0.15, 0.2) is 30.3 Å². The van der Waals surface area contributed by atoms with Gasteiger partial charge in [0.25, 0.3) is 0 Å². The van der Waals surface area contributed by atoms with Gasteiger partial charge < -0.3 is 10.1 Å². The van der Waals surface area contributed by atoms with Crippen LogP contribution < -0.4 is 5.32 Å². The number of nitrogens with two attached hydrogens (primary N) is 1. The number of hydrogen-bond donors (Lipinski definition) is 1. The Balaban J connectivity index is 1.99. The normalized spacial score (nSPS) is 19.6. The second-order valence-electron chi connectivity index (χ2n) is 4.34. The van der Waals surface area contributed by atoms with E-state index < -0.39 is 0 Å². The summed E-state index contributed by atoms with van der Waals surface area (Å²) in [5, 5.41) is 2.14. The highest BCUT2D eigenvalue weighted by molar-refractivity contribution is 14.1. The molecule has 1 aromatic carbocycles. The predicted octanol–water partition coefficient (Wildman–Crippen LogP) is 1.04. The fourth-order valence-corrected chi connectivity index (χ4v) is 2.23. The van der Waals surface area contributed by atoms with Gasteiger partial charge in [-0.15, -0.1) is 0 Å². The molecule has 0 radical (unpaired) electrons. The van der Waals surface area contributed by atoms with E-state index in [1.54, 1.807) is 0 Å². The lowest BCUT2D eigenvalue weighted by Crippen LogP contribution is -3.02. The number of hydrogen-bond acceptors (Lipinski definition) is 2. The Morgan fingerprint density at radius 1 is 1.44 bits per heavy atom. The van der Waals surface area contributed by atoms with E-state index in [9.17, 15) is 4.79 Å². The van der Waals surface area contributed by atoms with Crippen molar-refractivity contribution < 1.29 is 14.8 Å². The molecule has 0 amide bonds. The highest BCUT2D eigenvalue weighted by Crippen LogP contribution is 2.26. The second-order valence-corrected chi connectivity index (χ2v) is 5.59. The van der Waals surface area contributed by atoms with Gasteiger partial charge in [0.15, 0.2) is 0 Å². The molecule has 1 aliphatic heterocycles. The fraction of sp³-hybridized carbons (Fsp3) is 0.417. The SMILES string of the molecule is CC1(OC(=O)C(I)c2ccccc2)C[NH2+]C1. The van der Waals surface area contributed by atoms with Gasteiger partial charge in [0.2, 0.25) is 5.60 Å². The second kappa shape index (κ2) is 4.71. The van der Waals surface area contributed by atoms with E-state index in [2.05, 4.69) is 27.9 Å². The number of carbonyl (C=O) groups is 1. The topological polar surface area (TPSA) is 42.9 Å². The molecule has 1 saturated heterocycles. The first-order chi connectivity index (χ1) is 7.61. The molecule has 0 aliphatic carbocycles. The van der Waals surface area contributed by atoms with E-state index in [1.165, 1.54) is 0 Å². The van der Waals surface area contributed by atoms with Crippen LogP contribution in [0.5, 0.6) is 0 Å². The van der Waals surface area contributed by atoms with E-state index in [4.69, 9.17) is 4.74 Å². The van der Waals surface area contributed by atoms with Crippen molar-refractivity contribution in [2.75, 3.05) is 13.1 Å². The van der Waals surface area contributed by atoms with E-state index in [-0.39, 0.29) is 15.5 Å². The summed E-state index contributed by atoms with van der Waals surface area (Å²) in [6.07, 6.45) is 0. The summed E-state index contributed by atoms with van der Waals surface area (Å²) in [5.41, 5.74) is 0.745. The molecular formula is C12H15INO2+. The van der Waals surface area contributed by atoms with Crippen LogP contribution in [-0.2, 0) is 9.53 Å². The lowest BCUT2D eigenvalue weighted by Gasteiger charge is -2.34. The Hall–Kier alpha value is -0.620. The van der Waals surface area contributed by atoms with Crippen molar-refractivity contribution in [1.29, 1.82) is 0 Å². The first kappa shape index (κ1) is 11.9. The van der Waals surface area contributed by atoms with Crippen molar-refractivity contribution in [1.82, 2.24) is 0 Å².